The molecule has 0 aliphatic carbocycles. The molecule has 5 heteroatoms. The summed E-state index contributed by atoms with van der Waals surface area (Å²) < 4.78 is 13.1. The van der Waals surface area contributed by atoms with Crippen LogP contribution >= 0.6 is 0 Å². The third-order valence-electron chi connectivity index (χ3n) is 3.76. The molecular formula is C17H18FN3O. The Bertz CT molecular complexity index is 702. The van der Waals surface area contributed by atoms with Gasteiger partial charge in [0.25, 0.3) is 0 Å². The number of hydrogen-bond donors (Lipinski definition) is 2. The molecule has 0 bridgehead atoms. The van der Waals surface area contributed by atoms with Gasteiger partial charge >= 0.3 is 0 Å². The van der Waals surface area contributed by atoms with E-state index in [1.807, 2.05) is 23.1 Å². The number of nitrogen functional groups attached to an aromatic ring is 1. The summed E-state index contributed by atoms with van der Waals surface area (Å²) >= 11 is 0. The summed E-state index contributed by atoms with van der Waals surface area (Å²) in [5, 5.41) is 2.73. The van der Waals surface area contributed by atoms with Crippen molar-refractivity contribution < 1.29 is 9.18 Å². The second-order valence-corrected chi connectivity index (χ2v) is 5.47. The molecule has 3 N–H and O–H groups in total. The number of halogens is 1. The third kappa shape index (κ3) is 3.19. The zero-order valence-corrected chi connectivity index (χ0v) is 12.2. The highest BCUT2D eigenvalue weighted by molar-refractivity contribution is 5.94. The predicted molar refractivity (Wildman–Crippen MR) is 86.4 cm³/mol. The number of nitrogens with zero attached hydrogens (tertiary/aromatic N) is 1. The van der Waals surface area contributed by atoms with Crippen LogP contribution in [0.4, 0.5) is 21.5 Å². The number of aryl methyl sites for hydroxylation is 1. The minimum Gasteiger partial charge on any atom is -0.399 e. The van der Waals surface area contributed by atoms with Gasteiger partial charge in [-0.1, -0.05) is 6.07 Å². The van der Waals surface area contributed by atoms with Crippen molar-refractivity contribution >= 4 is 23.0 Å². The lowest BCUT2D eigenvalue weighted by atomic mass is 10.0. The van der Waals surface area contributed by atoms with E-state index in [1.54, 1.807) is 12.1 Å². The highest BCUT2D eigenvalue weighted by Gasteiger charge is 2.19. The number of amides is 1. The van der Waals surface area contributed by atoms with E-state index < -0.39 is 0 Å². The van der Waals surface area contributed by atoms with Gasteiger partial charge in [0.15, 0.2) is 0 Å². The van der Waals surface area contributed by atoms with E-state index in [9.17, 15) is 9.18 Å². The number of fused-ring (bicyclic) bond motifs is 1. The first-order chi connectivity index (χ1) is 10.6. The zero-order chi connectivity index (χ0) is 15.5. The van der Waals surface area contributed by atoms with Gasteiger partial charge in [-0.2, -0.15) is 0 Å². The smallest absolute Gasteiger partial charge is 0.243 e. The number of rotatable bonds is 3. The van der Waals surface area contributed by atoms with Gasteiger partial charge in [-0.25, -0.2) is 4.39 Å². The van der Waals surface area contributed by atoms with Gasteiger partial charge in [-0.05, 0) is 54.8 Å². The van der Waals surface area contributed by atoms with Crippen LogP contribution in [0.2, 0.25) is 0 Å². The number of nitrogens with two attached hydrogens (primary N) is 1. The summed E-state index contributed by atoms with van der Waals surface area (Å²) in [6, 6.07) is 11.7. The van der Waals surface area contributed by atoms with E-state index in [2.05, 4.69) is 5.32 Å². The van der Waals surface area contributed by atoms with E-state index in [0.717, 1.165) is 30.8 Å². The van der Waals surface area contributed by atoms with Crippen LogP contribution in [0.25, 0.3) is 0 Å². The molecule has 4 nitrogen and oxygen atoms in total. The van der Waals surface area contributed by atoms with Crippen LogP contribution in [0.5, 0.6) is 0 Å². The van der Waals surface area contributed by atoms with Gasteiger partial charge in [-0.15, -0.1) is 0 Å². The van der Waals surface area contributed by atoms with Crippen molar-refractivity contribution in [2.24, 2.45) is 0 Å². The molecule has 0 fully saturated rings. The lowest BCUT2D eigenvalue weighted by Gasteiger charge is -2.30. The molecule has 0 atom stereocenters. The molecule has 1 amide bonds. The van der Waals surface area contributed by atoms with Crippen molar-refractivity contribution in [2.75, 3.05) is 29.0 Å². The van der Waals surface area contributed by atoms with Crippen LogP contribution in [0.1, 0.15) is 12.0 Å². The summed E-state index contributed by atoms with van der Waals surface area (Å²) in [4.78, 5) is 14.2. The Morgan fingerprint density at radius 1 is 1.27 bits per heavy atom. The van der Waals surface area contributed by atoms with Gasteiger partial charge in [0, 0.05) is 23.6 Å². The molecule has 0 saturated carbocycles. The fourth-order valence-corrected chi connectivity index (χ4v) is 2.80. The highest BCUT2D eigenvalue weighted by atomic mass is 19.1. The molecule has 1 heterocycles. The first kappa shape index (κ1) is 14.4. The van der Waals surface area contributed by atoms with Crippen molar-refractivity contribution in [3.63, 3.8) is 0 Å². The summed E-state index contributed by atoms with van der Waals surface area (Å²) in [5.74, 6) is -0.521. The Balaban J connectivity index is 1.70. The fourth-order valence-electron chi connectivity index (χ4n) is 2.80. The Hall–Kier alpha value is -2.56. The largest absolute Gasteiger partial charge is 0.399 e. The summed E-state index contributed by atoms with van der Waals surface area (Å²) in [6.07, 6.45) is 1.96. The second kappa shape index (κ2) is 6.05. The Kier molecular flexibility index (Phi) is 3.96. The maximum absolute atomic E-state index is 13.1. The topological polar surface area (TPSA) is 58.4 Å². The minimum absolute atomic E-state index is 0.157. The lowest BCUT2D eigenvalue weighted by molar-refractivity contribution is -0.115. The molecule has 2 aromatic rings. The highest BCUT2D eigenvalue weighted by Crippen LogP contribution is 2.28. The molecule has 3 rings (SSSR count). The Morgan fingerprint density at radius 3 is 2.95 bits per heavy atom. The number of anilines is 3. The third-order valence-corrected chi connectivity index (χ3v) is 3.76. The Labute approximate surface area is 128 Å². The number of nitrogens with one attached hydrogen (secondary N) is 1. The SMILES string of the molecule is Nc1ccc2c(c1)CCCN2CC(=O)Nc1cccc(F)c1. The number of benzene rings is 2. The van der Waals surface area contributed by atoms with Crippen molar-refractivity contribution in [1.82, 2.24) is 0 Å². The van der Waals surface area contributed by atoms with Crippen LogP contribution in [0.15, 0.2) is 42.5 Å². The standard InChI is InChI=1S/C17H18FN3O/c18-13-4-1-5-15(10-13)20-17(22)11-21-8-2-3-12-9-14(19)6-7-16(12)21/h1,4-7,9-10H,2-3,8,11,19H2,(H,20,22). The molecule has 0 unspecified atom stereocenters. The fraction of sp³-hybridized carbons (Fsp3) is 0.235. The van der Waals surface area contributed by atoms with Crippen LogP contribution in [0.3, 0.4) is 0 Å². The molecule has 2 aromatic carbocycles. The quantitative estimate of drug-likeness (QED) is 0.857. The lowest BCUT2D eigenvalue weighted by Crippen LogP contribution is -2.36. The van der Waals surface area contributed by atoms with E-state index in [4.69, 9.17) is 5.73 Å². The molecule has 0 radical (unpaired) electrons. The van der Waals surface area contributed by atoms with Crippen molar-refractivity contribution in [3.05, 3.63) is 53.8 Å². The maximum atomic E-state index is 13.1. The number of carbonyl (C=O) groups excluding carboxylic acids is 1. The number of carbonyl (C=O) groups is 1. The van der Waals surface area contributed by atoms with Crippen molar-refractivity contribution in [1.29, 1.82) is 0 Å². The van der Waals surface area contributed by atoms with E-state index in [0.29, 0.717) is 5.69 Å². The second-order valence-electron chi connectivity index (χ2n) is 5.47. The molecule has 1 aliphatic rings. The van der Waals surface area contributed by atoms with E-state index in [-0.39, 0.29) is 18.3 Å². The average Bonchev–Trinajstić information content (AvgIpc) is 2.47. The van der Waals surface area contributed by atoms with Gasteiger partial charge < -0.3 is 16.0 Å². The summed E-state index contributed by atoms with van der Waals surface area (Å²) in [6.45, 7) is 1.07. The first-order valence-corrected chi connectivity index (χ1v) is 7.30. The first-order valence-electron chi connectivity index (χ1n) is 7.30. The molecular weight excluding hydrogens is 281 g/mol. The van der Waals surface area contributed by atoms with Crippen LogP contribution < -0.4 is 16.0 Å². The summed E-state index contributed by atoms with van der Waals surface area (Å²) in [7, 11) is 0. The maximum Gasteiger partial charge on any atom is 0.243 e. The van der Waals surface area contributed by atoms with E-state index >= 15 is 0 Å². The van der Waals surface area contributed by atoms with Crippen molar-refractivity contribution in [3.8, 4) is 0 Å². The van der Waals surface area contributed by atoms with Crippen LogP contribution in [-0.4, -0.2) is 19.0 Å². The monoisotopic (exact) mass is 299 g/mol. The molecule has 0 saturated heterocycles. The van der Waals surface area contributed by atoms with Gasteiger partial charge in [0.05, 0.1) is 6.54 Å². The van der Waals surface area contributed by atoms with Crippen molar-refractivity contribution in [2.45, 2.75) is 12.8 Å². The summed E-state index contributed by atoms with van der Waals surface area (Å²) in [5.41, 5.74) is 9.25. The van der Waals surface area contributed by atoms with E-state index in [1.165, 1.54) is 17.7 Å². The molecule has 0 spiro atoms. The molecule has 0 aromatic heterocycles. The molecule has 22 heavy (non-hydrogen) atoms. The molecule has 114 valence electrons. The number of hydrogen-bond acceptors (Lipinski definition) is 3. The predicted octanol–water partition coefficient (Wildman–Crippen LogP) is 2.80. The molecule has 1 aliphatic heterocycles. The van der Waals surface area contributed by atoms with Gasteiger partial charge in [-0.3, -0.25) is 4.79 Å². The zero-order valence-electron chi connectivity index (χ0n) is 12.2. The normalized spacial score (nSPS) is 13.6. The van der Waals surface area contributed by atoms with Gasteiger partial charge in [0.2, 0.25) is 5.91 Å². The van der Waals surface area contributed by atoms with Gasteiger partial charge in [0.1, 0.15) is 5.82 Å². The average molecular weight is 299 g/mol. The minimum atomic E-state index is -0.364. The van der Waals surface area contributed by atoms with Crippen LogP contribution in [-0.2, 0) is 11.2 Å². The van der Waals surface area contributed by atoms with Crippen LogP contribution in [0, 0.1) is 5.82 Å². The Morgan fingerprint density at radius 2 is 2.14 bits per heavy atom.